The molecule has 6 heteroatoms. The third-order valence-electron chi connectivity index (χ3n) is 5.13. The van der Waals surface area contributed by atoms with Crippen LogP contribution < -0.4 is 10.1 Å². The molecule has 0 bridgehead atoms. The van der Waals surface area contributed by atoms with Crippen LogP contribution in [0.3, 0.4) is 0 Å². The van der Waals surface area contributed by atoms with Gasteiger partial charge in [0.05, 0.1) is 11.1 Å². The van der Waals surface area contributed by atoms with Gasteiger partial charge in [0.25, 0.3) is 5.91 Å². The standard InChI is InChI=1S/C24H20F3NO2/c25-24(26,27)18-12-9-16(10-13-18)15-30-22-20-8-4-1-5-17(20)11-14-21(22)23(29)28-19-6-2-3-7-19/h1-5,8-14,19H,6-7,15H2,(H,28,29). The lowest BCUT2D eigenvalue weighted by Gasteiger charge is -2.17. The normalized spacial score (nSPS) is 14.2. The molecule has 3 nitrogen and oxygen atoms in total. The Morgan fingerprint density at radius 3 is 2.37 bits per heavy atom. The van der Waals surface area contributed by atoms with Crippen molar-refractivity contribution in [1.29, 1.82) is 0 Å². The van der Waals surface area contributed by atoms with E-state index in [0.29, 0.717) is 16.9 Å². The second kappa shape index (κ2) is 8.22. The molecule has 0 spiro atoms. The SMILES string of the molecule is O=C(NC1CC=CC1)c1ccc2ccccc2c1OCc1ccc(C(F)(F)F)cc1. The summed E-state index contributed by atoms with van der Waals surface area (Å²) in [5, 5.41) is 4.71. The lowest BCUT2D eigenvalue weighted by Crippen LogP contribution is -2.33. The van der Waals surface area contributed by atoms with Crippen molar-refractivity contribution in [3.05, 3.63) is 89.5 Å². The summed E-state index contributed by atoms with van der Waals surface area (Å²) in [7, 11) is 0. The first-order valence-electron chi connectivity index (χ1n) is 9.68. The van der Waals surface area contributed by atoms with Gasteiger partial charge in [0.15, 0.2) is 0 Å². The van der Waals surface area contributed by atoms with E-state index in [1.165, 1.54) is 12.1 Å². The van der Waals surface area contributed by atoms with E-state index in [0.717, 1.165) is 35.7 Å². The zero-order valence-electron chi connectivity index (χ0n) is 16.1. The van der Waals surface area contributed by atoms with Crippen LogP contribution in [0.25, 0.3) is 10.8 Å². The number of alkyl halides is 3. The summed E-state index contributed by atoms with van der Waals surface area (Å²) in [5.41, 5.74) is 0.288. The molecule has 154 valence electrons. The molecule has 0 heterocycles. The summed E-state index contributed by atoms with van der Waals surface area (Å²) in [6, 6.07) is 16.0. The van der Waals surface area contributed by atoms with Crippen molar-refractivity contribution in [3.8, 4) is 5.75 Å². The Balaban J connectivity index is 1.60. The quantitative estimate of drug-likeness (QED) is 0.532. The van der Waals surface area contributed by atoms with E-state index in [-0.39, 0.29) is 18.6 Å². The summed E-state index contributed by atoms with van der Waals surface area (Å²) in [6.45, 7) is 0.0530. The number of fused-ring (bicyclic) bond motifs is 1. The van der Waals surface area contributed by atoms with Crippen LogP contribution in [-0.2, 0) is 12.8 Å². The molecule has 3 aromatic rings. The zero-order chi connectivity index (χ0) is 21.1. The van der Waals surface area contributed by atoms with E-state index < -0.39 is 11.7 Å². The number of carbonyl (C=O) groups is 1. The minimum absolute atomic E-state index is 0.0530. The molecule has 0 radical (unpaired) electrons. The molecule has 30 heavy (non-hydrogen) atoms. The number of hydrogen-bond acceptors (Lipinski definition) is 2. The minimum Gasteiger partial charge on any atom is -0.487 e. The van der Waals surface area contributed by atoms with Crippen LogP contribution in [0.2, 0.25) is 0 Å². The third-order valence-corrected chi connectivity index (χ3v) is 5.13. The highest BCUT2D eigenvalue weighted by molar-refractivity contribution is 6.04. The molecule has 0 fully saturated rings. The summed E-state index contributed by atoms with van der Waals surface area (Å²) in [6.07, 6.45) is 1.28. The van der Waals surface area contributed by atoms with Gasteiger partial charge in [0.1, 0.15) is 12.4 Å². The molecule has 0 atom stereocenters. The van der Waals surface area contributed by atoms with Crippen LogP contribution in [0.4, 0.5) is 13.2 Å². The van der Waals surface area contributed by atoms with Gasteiger partial charge >= 0.3 is 6.18 Å². The highest BCUT2D eigenvalue weighted by Crippen LogP contribution is 2.32. The Labute approximate surface area is 172 Å². The molecule has 0 aromatic heterocycles. The maximum atomic E-state index is 12.9. The van der Waals surface area contributed by atoms with Crippen molar-refractivity contribution in [1.82, 2.24) is 5.32 Å². The summed E-state index contributed by atoms with van der Waals surface area (Å²) < 4.78 is 44.3. The monoisotopic (exact) mass is 411 g/mol. The predicted molar refractivity (Wildman–Crippen MR) is 109 cm³/mol. The van der Waals surface area contributed by atoms with E-state index in [2.05, 4.69) is 5.32 Å². The molecule has 0 saturated heterocycles. The van der Waals surface area contributed by atoms with E-state index in [9.17, 15) is 18.0 Å². The van der Waals surface area contributed by atoms with Crippen LogP contribution in [-0.4, -0.2) is 11.9 Å². The lowest BCUT2D eigenvalue weighted by atomic mass is 10.0. The average molecular weight is 411 g/mol. The van der Waals surface area contributed by atoms with E-state index in [1.54, 1.807) is 6.07 Å². The van der Waals surface area contributed by atoms with Gasteiger partial charge in [-0.3, -0.25) is 4.79 Å². The second-order valence-corrected chi connectivity index (χ2v) is 7.26. The largest absolute Gasteiger partial charge is 0.487 e. The average Bonchev–Trinajstić information content (AvgIpc) is 3.24. The first kappa shape index (κ1) is 20.0. The van der Waals surface area contributed by atoms with Crippen molar-refractivity contribution in [2.24, 2.45) is 0 Å². The Morgan fingerprint density at radius 1 is 0.967 bits per heavy atom. The number of benzene rings is 3. The fraction of sp³-hybridized carbons (Fsp3) is 0.208. The predicted octanol–water partition coefficient (Wildman–Crippen LogP) is 5.89. The summed E-state index contributed by atoms with van der Waals surface area (Å²) >= 11 is 0. The van der Waals surface area contributed by atoms with Crippen LogP contribution >= 0.6 is 0 Å². The molecule has 1 aliphatic rings. The van der Waals surface area contributed by atoms with Gasteiger partial charge in [-0.25, -0.2) is 0 Å². The molecule has 1 aliphatic carbocycles. The fourth-order valence-corrected chi connectivity index (χ4v) is 3.52. The summed E-state index contributed by atoms with van der Waals surface area (Å²) in [4.78, 5) is 12.9. The topological polar surface area (TPSA) is 38.3 Å². The molecular weight excluding hydrogens is 391 g/mol. The molecule has 4 rings (SSSR count). The Bertz CT molecular complexity index is 1080. The Hall–Kier alpha value is -3.28. The maximum Gasteiger partial charge on any atom is 0.416 e. The molecule has 1 N–H and O–H groups in total. The molecule has 0 aliphatic heterocycles. The fourth-order valence-electron chi connectivity index (χ4n) is 3.52. The highest BCUT2D eigenvalue weighted by Gasteiger charge is 2.30. The van der Waals surface area contributed by atoms with Crippen molar-refractivity contribution < 1.29 is 22.7 Å². The van der Waals surface area contributed by atoms with Crippen LogP contribution in [0.5, 0.6) is 5.75 Å². The first-order chi connectivity index (χ1) is 14.4. The number of amides is 1. The Morgan fingerprint density at radius 2 is 1.67 bits per heavy atom. The number of nitrogens with one attached hydrogen (secondary N) is 1. The van der Waals surface area contributed by atoms with Crippen molar-refractivity contribution >= 4 is 16.7 Å². The van der Waals surface area contributed by atoms with Gasteiger partial charge in [0, 0.05) is 11.4 Å². The van der Waals surface area contributed by atoms with E-state index >= 15 is 0 Å². The molecule has 3 aromatic carbocycles. The molecule has 1 amide bonds. The van der Waals surface area contributed by atoms with Crippen LogP contribution in [0.15, 0.2) is 72.8 Å². The van der Waals surface area contributed by atoms with Crippen molar-refractivity contribution in [3.63, 3.8) is 0 Å². The summed E-state index contributed by atoms with van der Waals surface area (Å²) in [5.74, 6) is 0.202. The minimum atomic E-state index is -4.38. The lowest BCUT2D eigenvalue weighted by molar-refractivity contribution is -0.137. The molecule has 0 unspecified atom stereocenters. The number of halogens is 3. The molecule has 0 saturated carbocycles. The van der Waals surface area contributed by atoms with E-state index in [1.807, 2.05) is 42.5 Å². The number of hydrogen-bond donors (Lipinski definition) is 1. The van der Waals surface area contributed by atoms with Crippen LogP contribution in [0.1, 0.15) is 34.3 Å². The smallest absolute Gasteiger partial charge is 0.416 e. The van der Waals surface area contributed by atoms with Crippen molar-refractivity contribution in [2.75, 3.05) is 0 Å². The van der Waals surface area contributed by atoms with Gasteiger partial charge in [-0.1, -0.05) is 54.6 Å². The number of ether oxygens (including phenoxy) is 1. The van der Waals surface area contributed by atoms with Gasteiger partial charge in [0.2, 0.25) is 0 Å². The van der Waals surface area contributed by atoms with Gasteiger partial charge in [-0.2, -0.15) is 13.2 Å². The van der Waals surface area contributed by atoms with Crippen LogP contribution in [0, 0.1) is 0 Å². The second-order valence-electron chi connectivity index (χ2n) is 7.26. The van der Waals surface area contributed by atoms with Gasteiger partial charge in [-0.05, 0) is 42.0 Å². The maximum absolute atomic E-state index is 12.9. The number of carbonyl (C=O) groups excluding carboxylic acids is 1. The Kier molecular flexibility index (Phi) is 5.48. The third kappa shape index (κ3) is 4.32. The molecular formula is C24H20F3NO2. The number of rotatable bonds is 5. The highest BCUT2D eigenvalue weighted by atomic mass is 19.4. The first-order valence-corrected chi connectivity index (χ1v) is 9.68. The van der Waals surface area contributed by atoms with Gasteiger partial charge in [-0.15, -0.1) is 0 Å². The van der Waals surface area contributed by atoms with Gasteiger partial charge < -0.3 is 10.1 Å². The van der Waals surface area contributed by atoms with Crippen molar-refractivity contribution in [2.45, 2.75) is 31.7 Å². The van der Waals surface area contributed by atoms with E-state index in [4.69, 9.17) is 4.74 Å². The zero-order valence-corrected chi connectivity index (χ0v) is 16.1.